The number of carbonyl (C=O) groups is 4. The minimum Gasteiger partial charge on any atom is -0.497 e. The molecule has 8 nitrogen and oxygen atoms in total. The van der Waals surface area contributed by atoms with Gasteiger partial charge in [0.2, 0.25) is 5.91 Å². The highest BCUT2D eigenvalue weighted by Crippen LogP contribution is 2.22. The van der Waals surface area contributed by atoms with E-state index in [0.29, 0.717) is 16.3 Å². The molecule has 0 radical (unpaired) electrons. The predicted octanol–water partition coefficient (Wildman–Crippen LogP) is 1.63. The van der Waals surface area contributed by atoms with Crippen molar-refractivity contribution in [3.8, 4) is 5.75 Å². The molecule has 2 aromatic rings. The molecule has 0 aliphatic carbocycles. The fourth-order valence-electron chi connectivity index (χ4n) is 2.49. The monoisotopic (exact) mass is 353 g/mol. The zero-order valence-electron chi connectivity index (χ0n) is 13.8. The molecule has 132 valence electrons. The number of amides is 5. The van der Waals surface area contributed by atoms with Gasteiger partial charge in [-0.15, -0.1) is 0 Å². The molecular weight excluding hydrogens is 338 g/mol. The van der Waals surface area contributed by atoms with E-state index >= 15 is 0 Å². The van der Waals surface area contributed by atoms with Gasteiger partial charge in [-0.3, -0.25) is 14.4 Å². The first-order valence-corrected chi connectivity index (χ1v) is 7.70. The van der Waals surface area contributed by atoms with Crippen molar-refractivity contribution in [3.63, 3.8) is 0 Å². The number of benzene rings is 2. The first-order chi connectivity index (χ1) is 12.5. The first-order valence-electron chi connectivity index (χ1n) is 7.70. The van der Waals surface area contributed by atoms with Crippen LogP contribution in [0.2, 0.25) is 0 Å². The van der Waals surface area contributed by atoms with Gasteiger partial charge in [-0.1, -0.05) is 24.3 Å². The molecule has 0 aromatic heterocycles. The Morgan fingerprint density at radius 2 is 1.73 bits per heavy atom. The summed E-state index contributed by atoms with van der Waals surface area (Å²) in [6.45, 7) is -0.566. The Balaban J connectivity index is 1.73. The number of hydrogen-bond acceptors (Lipinski definition) is 5. The molecule has 1 fully saturated rings. The zero-order chi connectivity index (χ0) is 18.7. The molecule has 1 heterocycles. The summed E-state index contributed by atoms with van der Waals surface area (Å²) >= 11 is 0. The number of imide groups is 2. The minimum absolute atomic E-state index is 0.270. The Bertz CT molecular complexity index is 881. The maximum Gasteiger partial charge on any atom is 0.339 e. The molecule has 0 bridgehead atoms. The molecule has 1 N–H and O–H groups in total. The largest absolute Gasteiger partial charge is 0.497 e. The van der Waals surface area contributed by atoms with Gasteiger partial charge in [-0.05, 0) is 24.3 Å². The lowest BCUT2D eigenvalue weighted by Gasteiger charge is -2.15. The number of ether oxygens (including phenoxy) is 1. The third kappa shape index (κ3) is 3.25. The minimum atomic E-state index is -1.04. The van der Waals surface area contributed by atoms with Crippen LogP contribution in [-0.4, -0.2) is 42.3 Å². The second-order valence-corrected chi connectivity index (χ2v) is 5.43. The van der Waals surface area contributed by atoms with Gasteiger partial charge in [-0.25, -0.2) is 14.6 Å². The van der Waals surface area contributed by atoms with Gasteiger partial charge in [0.1, 0.15) is 12.3 Å². The Morgan fingerprint density at radius 3 is 2.42 bits per heavy atom. The third-order valence-corrected chi connectivity index (χ3v) is 3.72. The summed E-state index contributed by atoms with van der Waals surface area (Å²) in [6.07, 6.45) is 0. The molecular formula is C18H15N3O5. The zero-order valence-corrected chi connectivity index (χ0v) is 13.8. The molecule has 0 spiro atoms. The molecule has 1 aliphatic heterocycles. The van der Waals surface area contributed by atoms with Crippen LogP contribution >= 0.6 is 0 Å². The molecule has 26 heavy (non-hydrogen) atoms. The van der Waals surface area contributed by atoms with Crippen LogP contribution in [0.25, 0.3) is 0 Å². The van der Waals surface area contributed by atoms with Crippen LogP contribution < -0.4 is 15.0 Å². The van der Waals surface area contributed by atoms with Crippen molar-refractivity contribution in [3.05, 3.63) is 54.6 Å². The van der Waals surface area contributed by atoms with Crippen LogP contribution in [0.1, 0.15) is 0 Å². The Hall–Kier alpha value is -3.68. The van der Waals surface area contributed by atoms with Crippen molar-refractivity contribution < 1.29 is 23.9 Å². The second kappa shape index (κ2) is 7.06. The van der Waals surface area contributed by atoms with Crippen molar-refractivity contribution in [2.24, 2.45) is 0 Å². The highest BCUT2D eigenvalue weighted by Gasteiger charge is 2.46. The predicted molar refractivity (Wildman–Crippen MR) is 92.7 cm³/mol. The molecule has 2 aromatic carbocycles. The molecule has 5 amide bonds. The van der Waals surface area contributed by atoms with E-state index < -0.39 is 30.3 Å². The number of carbonyl (C=O) groups excluding carboxylic acids is 4. The number of nitrogens with one attached hydrogen (secondary N) is 1. The smallest absolute Gasteiger partial charge is 0.339 e. The lowest BCUT2D eigenvalue weighted by atomic mass is 10.3. The van der Waals surface area contributed by atoms with Crippen molar-refractivity contribution in [1.82, 2.24) is 4.90 Å². The van der Waals surface area contributed by atoms with E-state index in [9.17, 15) is 19.2 Å². The summed E-state index contributed by atoms with van der Waals surface area (Å²) in [5.74, 6) is -2.10. The fraction of sp³-hybridized carbons (Fsp3) is 0.111. The highest BCUT2D eigenvalue weighted by atomic mass is 16.5. The van der Waals surface area contributed by atoms with Gasteiger partial charge in [-0.2, -0.15) is 0 Å². The maximum absolute atomic E-state index is 12.4. The van der Waals surface area contributed by atoms with Crippen molar-refractivity contribution in [2.45, 2.75) is 0 Å². The van der Waals surface area contributed by atoms with Gasteiger partial charge in [0, 0.05) is 11.8 Å². The van der Waals surface area contributed by atoms with E-state index in [1.807, 2.05) is 0 Å². The number of anilines is 2. The Morgan fingerprint density at radius 1 is 1.00 bits per heavy atom. The van der Waals surface area contributed by atoms with Gasteiger partial charge >= 0.3 is 17.8 Å². The normalized spacial score (nSPS) is 14.0. The van der Waals surface area contributed by atoms with Crippen LogP contribution in [-0.2, 0) is 14.4 Å². The topological polar surface area (TPSA) is 96.0 Å². The molecule has 3 rings (SSSR count). The summed E-state index contributed by atoms with van der Waals surface area (Å²) in [6, 6.07) is 13.8. The number of hydrogen-bond donors (Lipinski definition) is 1. The van der Waals surface area contributed by atoms with Gasteiger partial charge < -0.3 is 10.1 Å². The second-order valence-electron chi connectivity index (χ2n) is 5.43. The van der Waals surface area contributed by atoms with Crippen LogP contribution in [0, 0.1) is 0 Å². The van der Waals surface area contributed by atoms with E-state index in [4.69, 9.17) is 4.74 Å². The lowest BCUT2D eigenvalue weighted by Crippen LogP contribution is -2.39. The number of rotatable bonds is 5. The molecule has 0 saturated carbocycles. The van der Waals surface area contributed by atoms with Crippen molar-refractivity contribution >= 4 is 35.1 Å². The summed E-state index contributed by atoms with van der Waals surface area (Å²) < 4.78 is 5.06. The Labute approximate surface area is 149 Å². The lowest BCUT2D eigenvalue weighted by molar-refractivity contribution is -0.140. The van der Waals surface area contributed by atoms with Crippen LogP contribution in [0.5, 0.6) is 5.75 Å². The number of methoxy groups -OCH3 is 1. The number of urea groups is 1. The van der Waals surface area contributed by atoms with Crippen LogP contribution in [0.4, 0.5) is 16.2 Å². The van der Waals surface area contributed by atoms with E-state index in [0.717, 1.165) is 4.90 Å². The maximum atomic E-state index is 12.4. The summed E-state index contributed by atoms with van der Waals surface area (Å²) in [4.78, 5) is 50.2. The number of nitrogens with zero attached hydrogens (tertiary/aromatic N) is 2. The van der Waals surface area contributed by atoms with Gasteiger partial charge in [0.25, 0.3) is 0 Å². The summed E-state index contributed by atoms with van der Waals surface area (Å²) in [7, 11) is 1.49. The fourth-order valence-corrected chi connectivity index (χ4v) is 2.49. The first kappa shape index (κ1) is 17.2. The van der Waals surface area contributed by atoms with Gasteiger partial charge in [0.05, 0.1) is 12.8 Å². The Kier molecular flexibility index (Phi) is 4.66. The number of para-hydroxylation sites is 1. The summed E-state index contributed by atoms with van der Waals surface area (Å²) in [5.41, 5.74) is 0.714. The average Bonchev–Trinajstić information content (AvgIpc) is 2.86. The van der Waals surface area contributed by atoms with E-state index in [1.165, 1.54) is 19.2 Å². The molecule has 0 unspecified atom stereocenters. The van der Waals surface area contributed by atoms with Gasteiger partial charge in [0.15, 0.2) is 0 Å². The van der Waals surface area contributed by atoms with Crippen LogP contribution in [0.3, 0.4) is 0 Å². The van der Waals surface area contributed by atoms with Crippen LogP contribution in [0.15, 0.2) is 54.6 Å². The summed E-state index contributed by atoms with van der Waals surface area (Å²) in [5, 5.41) is 2.56. The van der Waals surface area contributed by atoms with Crippen molar-refractivity contribution in [1.29, 1.82) is 0 Å². The van der Waals surface area contributed by atoms with Crippen molar-refractivity contribution in [2.75, 3.05) is 23.9 Å². The molecule has 8 heteroatoms. The standard InChI is InChI=1S/C18H15N3O5/c1-26-14-9-5-6-12(10-14)19-15(22)11-20-16(23)17(24)21(18(20)25)13-7-3-2-4-8-13/h2-10H,11H2,1H3,(H,19,22). The molecule has 1 aliphatic rings. The quantitative estimate of drug-likeness (QED) is 0.651. The SMILES string of the molecule is COc1cccc(NC(=O)CN2C(=O)C(=O)N(c3ccccc3)C2=O)c1. The highest BCUT2D eigenvalue weighted by molar-refractivity contribution is 6.53. The third-order valence-electron chi connectivity index (χ3n) is 3.72. The van der Waals surface area contributed by atoms with E-state index in [-0.39, 0.29) is 5.69 Å². The molecule has 1 saturated heterocycles. The van der Waals surface area contributed by atoms with E-state index in [2.05, 4.69) is 5.32 Å². The van der Waals surface area contributed by atoms with E-state index in [1.54, 1.807) is 42.5 Å². The average molecular weight is 353 g/mol. The molecule has 0 atom stereocenters.